The number of nitrogens with zero attached hydrogens (tertiary/aromatic N) is 1. The zero-order valence-corrected chi connectivity index (χ0v) is 24.1. The molecule has 0 N–H and O–H groups in total. The van der Waals surface area contributed by atoms with E-state index in [4.69, 9.17) is 4.74 Å². The zero-order chi connectivity index (χ0) is 26.5. The van der Waals surface area contributed by atoms with Gasteiger partial charge in [-0.05, 0) is 124 Å². The topological polar surface area (TPSA) is 46.6 Å². The number of hydrogen-bond acceptors (Lipinski definition) is 3. The monoisotopic (exact) mass is 507 g/mol. The largest absolute Gasteiger partial charge is 0.444 e. The number of allylic oxidation sites excluding steroid dienone is 3. The molecule has 204 valence electrons. The molecule has 1 heterocycles. The van der Waals surface area contributed by atoms with Gasteiger partial charge in [-0.25, -0.2) is 4.79 Å². The summed E-state index contributed by atoms with van der Waals surface area (Å²) in [5, 5.41) is 0. The molecule has 5 fully saturated rings. The van der Waals surface area contributed by atoms with Crippen molar-refractivity contribution in [2.45, 2.75) is 111 Å². The highest BCUT2D eigenvalue weighted by molar-refractivity contribution is 5.95. The second kappa shape index (κ2) is 8.46. The first-order valence-corrected chi connectivity index (χ1v) is 15.3. The van der Waals surface area contributed by atoms with Crippen molar-refractivity contribution in [3.05, 3.63) is 23.8 Å². The van der Waals surface area contributed by atoms with Crippen LogP contribution in [0.2, 0.25) is 0 Å². The van der Waals surface area contributed by atoms with Gasteiger partial charge in [0.15, 0.2) is 5.78 Å². The first kappa shape index (κ1) is 25.7. The highest BCUT2D eigenvalue weighted by Gasteiger charge is 2.65. The van der Waals surface area contributed by atoms with Crippen molar-refractivity contribution in [2.75, 3.05) is 6.54 Å². The fourth-order valence-electron chi connectivity index (χ4n) is 11.1. The van der Waals surface area contributed by atoms with Gasteiger partial charge >= 0.3 is 6.09 Å². The van der Waals surface area contributed by atoms with Crippen LogP contribution in [0, 0.1) is 51.8 Å². The Balaban J connectivity index is 1.32. The normalized spacial score (nSPS) is 51.3. The Bertz CT molecular complexity index is 1050. The third-order valence-electron chi connectivity index (χ3n) is 13.1. The third kappa shape index (κ3) is 3.59. The molecule has 0 aromatic heterocycles. The van der Waals surface area contributed by atoms with E-state index in [9.17, 15) is 9.59 Å². The molecule has 0 spiro atoms. The standard InChI is InChI=1S/C33H49NO3/c1-19(2)22-8-12-31(5)13-9-25-23(26(31)16-22)17-28(35)29-32(6)15-11-27(34-18-20(3)37-30(34)36)21(4)24(32)10-14-33(25,29)7/h17,20-22,24-27,29H,1,8-16,18H2,2-7H3. The van der Waals surface area contributed by atoms with E-state index >= 15 is 0 Å². The lowest BCUT2D eigenvalue weighted by atomic mass is 9.38. The van der Waals surface area contributed by atoms with Crippen LogP contribution >= 0.6 is 0 Å². The Morgan fingerprint density at radius 2 is 1.68 bits per heavy atom. The predicted molar refractivity (Wildman–Crippen MR) is 147 cm³/mol. The smallest absolute Gasteiger partial charge is 0.410 e. The summed E-state index contributed by atoms with van der Waals surface area (Å²) in [6.45, 7) is 19.0. The second-order valence-electron chi connectivity index (χ2n) is 15.1. The molecule has 4 saturated carbocycles. The van der Waals surface area contributed by atoms with Crippen LogP contribution in [0.1, 0.15) is 99.3 Å². The lowest BCUT2D eigenvalue weighted by Crippen LogP contribution is -2.63. The number of hydrogen-bond donors (Lipinski definition) is 0. The summed E-state index contributed by atoms with van der Waals surface area (Å²) in [7, 11) is 0. The summed E-state index contributed by atoms with van der Waals surface area (Å²) in [4.78, 5) is 28.9. The van der Waals surface area contributed by atoms with Crippen LogP contribution in [-0.2, 0) is 9.53 Å². The second-order valence-corrected chi connectivity index (χ2v) is 15.1. The van der Waals surface area contributed by atoms with E-state index in [2.05, 4.69) is 47.3 Å². The van der Waals surface area contributed by atoms with E-state index in [0.29, 0.717) is 47.3 Å². The maximum atomic E-state index is 14.3. The number of fused-ring (bicyclic) bond motifs is 7. The number of ether oxygens (including phenoxy) is 1. The van der Waals surface area contributed by atoms with Gasteiger partial charge in [-0.1, -0.05) is 45.4 Å². The van der Waals surface area contributed by atoms with Gasteiger partial charge < -0.3 is 9.64 Å². The molecule has 11 atom stereocenters. The highest BCUT2D eigenvalue weighted by Crippen LogP contribution is 2.69. The van der Waals surface area contributed by atoms with Crippen LogP contribution < -0.4 is 0 Å². The van der Waals surface area contributed by atoms with Gasteiger partial charge in [0.25, 0.3) is 0 Å². The SMILES string of the molecule is C=C(C)C1CCC2(C)CCC3C(=CC(=O)C4C3(C)CCC3C(C)C(N5CC(C)OC5=O)CCC34C)C2C1. The summed E-state index contributed by atoms with van der Waals surface area (Å²) in [6.07, 6.45) is 12.6. The van der Waals surface area contributed by atoms with Crippen LogP contribution in [0.15, 0.2) is 23.8 Å². The summed E-state index contributed by atoms with van der Waals surface area (Å²) >= 11 is 0. The molecular formula is C33H49NO3. The Labute approximate surface area is 224 Å². The van der Waals surface area contributed by atoms with E-state index in [1.807, 2.05) is 11.8 Å². The van der Waals surface area contributed by atoms with Gasteiger partial charge in [0, 0.05) is 12.0 Å². The fraction of sp³-hybridized carbons (Fsp3) is 0.818. The van der Waals surface area contributed by atoms with Crippen molar-refractivity contribution < 1.29 is 14.3 Å². The number of carbonyl (C=O) groups excluding carboxylic acids is 2. The minimum absolute atomic E-state index is 0.00479. The first-order valence-electron chi connectivity index (χ1n) is 15.3. The summed E-state index contributed by atoms with van der Waals surface area (Å²) in [5.41, 5.74) is 3.24. The van der Waals surface area contributed by atoms with Crippen molar-refractivity contribution >= 4 is 11.9 Å². The van der Waals surface area contributed by atoms with Gasteiger partial charge in [-0.15, -0.1) is 0 Å². The van der Waals surface area contributed by atoms with Gasteiger partial charge in [-0.2, -0.15) is 0 Å². The van der Waals surface area contributed by atoms with Gasteiger partial charge in [0.05, 0.1) is 6.54 Å². The molecule has 0 aromatic carbocycles. The Morgan fingerprint density at radius 1 is 0.973 bits per heavy atom. The fourth-order valence-corrected chi connectivity index (χ4v) is 11.1. The molecule has 37 heavy (non-hydrogen) atoms. The Morgan fingerprint density at radius 3 is 2.35 bits per heavy atom. The van der Waals surface area contributed by atoms with Gasteiger partial charge in [-0.3, -0.25) is 4.79 Å². The summed E-state index contributed by atoms with van der Waals surface area (Å²) in [6, 6.07) is 0.237. The average molecular weight is 508 g/mol. The molecule has 4 nitrogen and oxygen atoms in total. The number of amides is 1. The maximum absolute atomic E-state index is 14.3. The van der Waals surface area contributed by atoms with E-state index in [1.54, 1.807) is 0 Å². The molecule has 6 aliphatic rings. The lowest BCUT2D eigenvalue weighted by Gasteiger charge is -2.66. The minimum Gasteiger partial charge on any atom is -0.444 e. The molecule has 11 unspecified atom stereocenters. The van der Waals surface area contributed by atoms with Crippen LogP contribution in [0.4, 0.5) is 4.79 Å². The summed E-state index contributed by atoms with van der Waals surface area (Å²) < 4.78 is 5.51. The molecule has 0 bridgehead atoms. The lowest BCUT2D eigenvalue weighted by molar-refractivity contribution is -0.163. The van der Waals surface area contributed by atoms with E-state index in [0.717, 1.165) is 19.3 Å². The molecule has 0 aromatic rings. The van der Waals surface area contributed by atoms with Crippen molar-refractivity contribution in [1.82, 2.24) is 4.90 Å². The molecule has 0 radical (unpaired) electrons. The van der Waals surface area contributed by atoms with Crippen LogP contribution in [0.25, 0.3) is 0 Å². The number of rotatable bonds is 2. The van der Waals surface area contributed by atoms with Crippen molar-refractivity contribution in [1.29, 1.82) is 0 Å². The van der Waals surface area contributed by atoms with Gasteiger partial charge in [0.1, 0.15) is 6.10 Å². The molecule has 4 heteroatoms. The molecular weight excluding hydrogens is 458 g/mol. The zero-order valence-electron chi connectivity index (χ0n) is 24.1. The van der Waals surface area contributed by atoms with Crippen molar-refractivity contribution in [2.24, 2.45) is 51.8 Å². The molecule has 1 aliphatic heterocycles. The maximum Gasteiger partial charge on any atom is 0.410 e. The van der Waals surface area contributed by atoms with Gasteiger partial charge in [0.2, 0.25) is 0 Å². The average Bonchev–Trinajstić information content (AvgIpc) is 3.15. The predicted octanol–water partition coefficient (Wildman–Crippen LogP) is 7.58. The molecule has 6 rings (SSSR count). The number of carbonyl (C=O) groups is 2. The van der Waals surface area contributed by atoms with E-state index < -0.39 is 0 Å². The Hall–Kier alpha value is -1.58. The molecule has 5 aliphatic carbocycles. The minimum atomic E-state index is -0.138. The van der Waals surface area contributed by atoms with E-state index in [1.165, 1.54) is 49.7 Å². The molecule has 1 amide bonds. The summed E-state index contributed by atoms with van der Waals surface area (Å²) in [5.74, 6) is 3.06. The van der Waals surface area contributed by atoms with E-state index in [-0.39, 0.29) is 35.0 Å². The molecule has 1 saturated heterocycles. The van der Waals surface area contributed by atoms with Crippen molar-refractivity contribution in [3.63, 3.8) is 0 Å². The van der Waals surface area contributed by atoms with Crippen molar-refractivity contribution in [3.8, 4) is 0 Å². The van der Waals surface area contributed by atoms with Crippen LogP contribution in [0.5, 0.6) is 0 Å². The van der Waals surface area contributed by atoms with Crippen LogP contribution in [0.3, 0.4) is 0 Å². The van der Waals surface area contributed by atoms with Crippen LogP contribution in [-0.4, -0.2) is 35.5 Å². The quantitative estimate of drug-likeness (QED) is 0.362. The highest BCUT2D eigenvalue weighted by atomic mass is 16.6. The first-order chi connectivity index (χ1) is 17.4. The Kier molecular flexibility index (Phi) is 5.87. The third-order valence-corrected chi connectivity index (χ3v) is 13.1. The number of cyclic esters (lactones) is 1. The number of ketones is 1.